The molecule has 3 atom stereocenters. The van der Waals surface area contributed by atoms with Gasteiger partial charge in [-0.3, -0.25) is 9.59 Å². The third-order valence-electron chi connectivity index (χ3n) is 10.3. The monoisotopic (exact) mass is 618 g/mol. The fraction of sp³-hybridized carbons (Fsp3) is 0.677. The van der Waals surface area contributed by atoms with E-state index in [1.165, 1.54) is 6.20 Å². The number of anilines is 1. The van der Waals surface area contributed by atoms with Gasteiger partial charge < -0.3 is 14.2 Å². The van der Waals surface area contributed by atoms with Gasteiger partial charge in [-0.05, 0) is 57.9 Å². The van der Waals surface area contributed by atoms with E-state index >= 15 is 4.39 Å². The van der Waals surface area contributed by atoms with E-state index in [-0.39, 0.29) is 58.4 Å². The molecule has 2 saturated carbocycles. The van der Waals surface area contributed by atoms with Crippen molar-refractivity contribution in [2.45, 2.75) is 86.2 Å². The van der Waals surface area contributed by atoms with E-state index in [4.69, 9.17) is 4.74 Å². The summed E-state index contributed by atoms with van der Waals surface area (Å²) >= 11 is 0. The number of rotatable bonds is 7. The minimum Gasteiger partial charge on any atom is -0.462 e. The predicted octanol–water partition coefficient (Wildman–Crippen LogP) is 4.00. The number of ketones is 1. The molecule has 3 aliphatic rings. The Bertz CT molecular complexity index is 1680. The number of carbonyl (C=O) groups is 2. The summed E-state index contributed by atoms with van der Waals surface area (Å²) in [4.78, 5) is 45.1. The molecule has 3 fully saturated rings. The quantitative estimate of drug-likeness (QED) is 0.462. The van der Waals surface area contributed by atoms with Crippen LogP contribution < -0.4 is 15.1 Å². The first-order valence-corrected chi connectivity index (χ1v) is 16.6. The van der Waals surface area contributed by atoms with Crippen LogP contribution in [0.3, 0.4) is 0 Å². The van der Waals surface area contributed by atoms with Crippen molar-refractivity contribution in [1.82, 2.24) is 14.3 Å². The van der Waals surface area contributed by atoms with Crippen LogP contribution in [-0.4, -0.2) is 61.2 Å². The molecule has 1 N–H and O–H groups in total. The van der Waals surface area contributed by atoms with Crippen LogP contribution in [0.5, 0.6) is 0 Å². The highest BCUT2D eigenvalue weighted by Gasteiger charge is 2.65. The zero-order chi connectivity index (χ0) is 31.9. The highest BCUT2D eigenvalue weighted by atomic mass is 32.2. The van der Waals surface area contributed by atoms with Crippen LogP contribution >= 0.6 is 0 Å². The highest BCUT2D eigenvalue weighted by molar-refractivity contribution is 7.89. The van der Waals surface area contributed by atoms with Gasteiger partial charge in [-0.25, -0.2) is 27.3 Å². The fourth-order valence-electron chi connectivity index (χ4n) is 7.49. The van der Waals surface area contributed by atoms with Crippen LogP contribution in [0, 0.1) is 28.0 Å². The molecule has 0 unspecified atom stereocenters. The Hall–Kier alpha value is -2.86. The van der Waals surface area contributed by atoms with Crippen molar-refractivity contribution >= 4 is 38.6 Å². The second-order valence-electron chi connectivity index (χ2n) is 14.8. The van der Waals surface area contributed by atoms with E-state index in [0.717, 1.165) is 12.5 Å². The van der Waals surface area contributed by atoms with Crippen molar-refractivity contribution in [3.8, 4) is 0 Å². The summed E-state index contributed by atoms with van der Waals surface area (Å²) < 4.78 is 52.5. The zero-order valence-electron chi connectivity index (χ0n) is 26.3. The Morgan fingerprint density at radius 1 is 1.21 bits per heavy atom. The number of nitrogens with one attached hydrogen (secondary N) is 1. The topological polar surface area (TPSA) is 128 Å². The molecule has 0 spiro atoms. The highest BCUT2D eigenvalue weighted by Crippen LogP contribution is 2.64. The molecule has 43 heavy (non-hydrogen) atoms. The SMILES string of the molecule is CCOC(=O)c1cn(C(C)(C)C)c2nc(N3C[C@@H](NS(=O)(=O)C[C@@]45CC[C@@H](CC4=O)C5(C)C)C(C)(C)C3)c(F)cc2c1=O. The number of fused-ring (bicyclic) bond motifs is 3. The van der Waals surface area contributed by atoms with Gasteiger partial charge in [-0.1, -0.05) is 27.7 Å². The van der Waals surface area contributed by atoms with E-state index in [9.17, 15) is 22.8 Å². The van der Waals surface area contributed by atoms with Gasteiger partial charge in [-0.2, -0.15) is 0 Å². The summed E-state index contributed by atoms with van der Waals surface area (Å²) in [5, 5.41) is -0.0459. The molecular formula is C31H43FN4O6S. The van der Waals surface area contributed by atoms with Crippen molar-refractivity contribution in [2.75, 3.05) is 30.3 Å². The summed E-state index contributed by atoms with van der Waals surface area (Å²) in [5.41, 5.74) is -3.16. The number of nitrogens with zero attached hydrogens (tertiary/aromatic N) is 3. The number of aromatic nitrogens is 2. The van der Waals surface area contributed by atoms with E-state index in [2.05, 4.69) is 9.71 Å². The number of hydrogen-bond donors (Lipinski definition) is 1. The number of esters is 1. The molecule has 12 heteroatoms. The first kappa shape index (κ1) is 31.6. The average Bonchev–Trinajstić information content (AvgIpc) is 3.36. The minimum absolute atomic E-state index is 0.00658. The average molecular weight is 619 g/mol. The molecule has 2 aromatic rings. The van der Waals surface area contributed by atoms with Gasteiger partial charge in [0.2, 0.25) is 15.5 Å². The van der Waals surface area contributed by atoms with E-state index in [0.29, 0.717) is 19.4 Å². The molecule has 2 bridgehead atoms. The maximum Gasteiger partial charge on any atom is 0.343 e. The molecule has 10 nitrogen and oxygen atoms in total. The van der Waals surface area contributed by atoms with Crippen LogP contribution in [0.15, 0.2) is 17.1 Å². The van der Waals surface area contributed by atoms with Crippen molar-refractivity contribution in [3.05, 3.63) is 33.9 Å². The summed E-state index contributed by atoms with van der Waals surface area (Å²) in [6, 6.07) is 0.525. The van der Waals surface area contributed by atoms with E-state index < -0.39 is 49.6 Å². The van der Waals surface area contributed by atoms with Gasteiger partial charge in [0, 0.05) is 48.1 Å². The number of halogens is 1. The molecule has 5 rings (SSSR count). The van der Waals surface area contributed by atoms with Gasteiger partial charge in [0.25, 0.3) is 0 Å². The predicted molar refractivity (Wildman–Crippen MR) is 162 cm³/mol. The third kappa shape index (κ3) is 5.08. The Labute approximate surface area is 252 Å². The smallest absolute Gasteiger partial charge is 0.343 e. The van der Waals surface area contributed by atoms with Crippen LogP contribution in [-0.2, 0) is 25.1 Å². The van der Waals surface area contributed by atoms with Gasteiger partial charge in [0.15, 0.2) is 11.6 Å². The lowest BCUT2D eigenvalue weighted by molar-refractivity contribution is -0.128. The lowest BCUT2D eigenvalue weighted by atomic mass is 9.70. The normalized spacial score (nSPS) is 26.4. The molecule has 1 saturated heterocycles. The summed E-state index contributed by atoms with van der Waals surface area (Å²) in [6.45, 7) is 15.6. The molecule has 236 valence electrons. The maximum atomic E-state index is 15.7. The van der Waals surface area contributed by atoms with E-state index in [1.54, 1.807) is 16.4 Å². The number of carbonyl (C=O) groups excluding carboxylic acids is 2. The van der Waals surface area contributed by atoms with Crippen LogP contribution in [0.25, 0.3) is 11.0 Å². The second-order valence-corrected chi connectivity index (χ2v) is 16.5. The second kappa shape index (κ2) is 10.1. The minimum atomic E-state index is -3.87. The Balaban J connectivity index is 1.48. The standard InChI is InChI=1S/C31H43FN4O6S/c1-9-42-27(39)20-14-36(28(2,3)4)25-19(24(20)38)13-21(32)26(33-25)35-15-22(29(5,6)16-35)34-43(40,41)17-31-11-10-18(12-23(31)37)30(31,7)8/h13-14,18,22,34H,9-12,15-17H2,1-8H3/t18-,22+,31-/m0/s1. The molecule has 2 aromatic heterocycles. The third-order valence-corrected chi connectivity index (χ3v) is 11.8. The number of hydrogen-bond acceptors (Lipinski definition) is 8. The first-order valence-electron chi connectivity index (χ1n) is 15.0. The van der Waals surface area contributed by atoms with Crippen molar-refractivity contribution in [3.63, 3.8) is 0 Å². The molecule has 3 heterocycles. The maximum absolute atomic E-state index is 15.7. The number of pyridine rings is 2. The van der Waals surface area contributed by atoms with Gasteiger partial charge >= 0.3 is 5.97 Å². The molecule has 2 aliphatic carbocycles. The lowest BCUT2D eigenvalue weighted by Gasteiger charge is -2.37. The number of ether oxygens (including phenoxy) is 1. The fourth-order valence-corrected chi connectivity index (χ4v) is 9.72. The summed E-state index contributed by atoms with van der Waals surface area (Å²) in [7, 11) is -3.87. The lowest BCUT2D eigenvalue weighted by Crippen LogP contribution is -2.50. The number of sulfonamides is 1. The summed E-state index contributed by atoms with van der Waals surface area (Å²) in [6.07, 6.45) is 3.26. The Kier molecular flexibility index (Phi) is 7.40. The molecular weight excluding hydrogens is 575 g/mol. The van der Waals surface area contributed by atoms with Gasteiger partial charge in [0.1, 0.15) is 17.0 Å². The number of Topliss-reactive ketones (excluding diaryl/α,β-unsaturated/α-hetero) is 1. The Morgan fingerprint density at radius 2 is 1.88 bits per heavy atom. The first-order chi connectivity index (χ1) is 19.7. The van der Waals surface area contributed by atoms with Crippen molar-refractivity contribution in [2.24, 2.45) is 22.2 Å². The Morgan fingerprint density at radius 3 is 2.44 bits per heavy atom. The molecule has 0 amide bonds. The van der Waals surface area contributed by atoms with Crippen molar-refractivity contribution in [1.29, 1.82) is 0 Å². The van der Waals surface area contributed by atoms with Crippen LogP contribution in [0.4, 0.5) is 10.2 Å². The van der Waals surface area contributed by atoms with Gasteiger partial charge in [0.05, 0.1) is 17.7 Å². The van der Waals surface area contributed by atoms with Crippen LogP contribution in [0.1, 0.15) is 85.0 Å². The van der Waals surface area contributed by atoms with Gasteiger partial charge in [-0.15, -0.1) is 0 Å². The van der Waals surface area contributed by atoms with Crippen molar-refractivity contribution < 1.29 is 27.1 Å². The largest absolute Gasteiger partial charge is 0.462 e. The zero-order valence-corrected chi connectivity index (χ0v) is 27.2. The molecule has 0 radical (unpaired) electrons. The molecule has 0 aromatic carbocycles. The summed E-state index contributed by atoms with van der Waals surface area (Å²) in [5.74, 6) is -1.56. The van der Waals surface area contributed by atoms with E-state index in [1.807, 2.05) is 48.5 Å². The molecule has 1 aliphatic heterocycles. The van der Waals surface area contributed by atoms with Crippen LogP contribution in [0.2, 0.25) is 0 Å².